The molecular weight excluding hydrogens is 244 g/mol. The van der Waals surface area contributed by atoms with Gasteiger partial charge in [-0.2, -0.15) is 0 Å². The van der Waals surface area contributed by atoms with Gasteiger partial charge in [0, 0.05) is 6.92 Å². The zero-order valence-electron chi connectivity index (χ0n) is 10.4. The van der Waals surface area contributed by atoms with Gasteiger partial charge in [0.1, 0.15) is 5.75 Å². The molecule has 2 aromatic rings. The third-order valence-electron chi connectivity index (χ3n) is 2.03. The highest BCUT2D eigenvalue weighted by Crippen LogP contribution is 2.07. The van der Waals surface area contributed by atoms with E-state index in [9.17, 15) is 9.59 Å². The number of esters is 1. The largest absolute Gasteiger partial charge is 0.478 e. The number of hydrogen-bond acceptors (Lipinski definition) is 3. The Morgan fingerprint density at radius 3 is 1.74 bits per heavy atom. The third-order valence-corrected chi connectivity index (χ3v) is 2.03. The molecule has 0 aliphatic heterocycles. The van der Waals surface area contributed by atoms with Gasteiger partial charge < -0.3 is 9.84 Å². The van der Waals surface area contributed by atoms with Crippen LogP contribution in [0.25, 0.3) is 0 Å². The van der Waals surface area contributed by atoms with Crippen molar-refractivity contribution in [2.45, 2.75) is 6.92 Å². The molecule has 19 heavy (non-hydrogen) atoms. The highest BCUT2D eigenvalue weighted by Gasteiger charge is 1.96. The first-order chi connectivity index (χ1) is 9.09. The molecule has 0 aliphatic rings. The van der Waals surface area contributed by atoms with Gasteiger partial charge in [-0.3, -0.25) is 4.79 Å². The molecule has 0 amide bonds. The third kappa shape index (κ3) is 6.02. The molecule has 0 saturated carbocycles. The zero-order valence-corrected chi connectivity index (χ0v) is 10.4. The second-order valence-corrected chi connectivity index (χ2v) is 3.58. The first kappa shape index (κ1) is 14.4. The zero-order chi connectivity index (χ0) is 14.1. The SMILES string of the molecule is CC(=O)Oc1ccccc1.O=C(O)c1ccccc1. The second-order valence-electron chi connectivity index (χ2n) is 3.58. The van der Waals surface area contributed by atoms with Crippen molar-refractivity contribution in [2.75, 3.05) is 0 Å². The number of ether oxygens (including phenoxy) is 1. The van der Waals surface area contributed by atoms with Gasteiger partial charge in [0.2, 0.25) is 0 Å². The number of carbonyl (C=O) groups is 2. The minimum absolute atomic E-state index is 0.286. The second kappa shape index (κ2) is 7.66. The summed E-state index contributed by atoms with van der Waals surface area (Å²) in [7, 11) is 0. The molecule has 0 heterocycles. The number of rotatable bonds is 2. The van der Waals surface area contributed by atoms with Crippen LogP contribution in [-0.2, 0) is 4.79 Å². The number of benzene rings is 2. The first-order valence-electron chi connectivity index (χ1n) is 5.61. The summed E-state index contributed by atoms with van der Waals surface area (Å²) in [5.41, 5.74) is 0.331. The average molecular weight is 258 g/mol. The summed E-state index contributed by atoms with van der Waals surface area (Å²) in [6.07, 6.45) is 0. The highest BCUT2D eigenvalue weighted by molar-refractivity contribution is 5.87. The van der Waals surface area contributed by atoms with Gasteiger partial charge in [-0.05, 0) is 24.3 Å². The van der Waals surface area contributed by atoms with Crippen molar-refractivity contribution in [1.29, 1.82) is 0 Å². The molecule has 2 rings (SSSR count). The number of carbonyl (C=O) groups excluding carboxylic acids is 1. The summed E-state index contributed by atoms with van der Waals surface area (Å²) in [4.78, 5) is 20.6. The summed E-state index contributed by atoms with van der Waals surface area (Å²) < 4.78 is 4.78. The van der Waals surface area contributed by atoms with E-state index in [0.717, 1.165) is 0 Å². The molecule has 0 bridgehead atoms. The number of carboxylic acid groups (broad SMARTS) is 1. The Morgan fingerprint density at radius 2 is 1.37 bits per heavy atom. The maximum atomic E-state index is 10.4. The van der Waals surface area contributed by atoms with Crippen molar-refractivity contribution in [3.63, 3.8) is 0 Å². The lowest BCUT2D eigenvalue weighted by Crippen LogP contribution is -2.00. The van der Waals surface area contributed by atoms with E-state index in [-0.39, 0.29) is 5.97 Å². The Bertz CT molecular complexity index is 520. The number of aromatic carboxylic acids is 1. The fourth-order valence-corrected chi connectivity index (χ4v) is 1.24. The number of hydrogen-bond donors (Lipinski definition) is 1. The molecule has 0 aromatic heterocycles. The lowest BCUT2D eigenvalue weighted by Gasteiger charge is -1.97. The van der Waals surface area contributed by atoms with E-state index < -0.39 is 5.97 Å². The van der Waals surface area contributed by atoms with E-state index in [1.807, 2.05) is 18.2 Å². The Morgan fingerprint density at radius 1 is 0.895 bits per heavy atom. The highest BCUT2D eigenvalue weighted by atomic mass is 16.5. The van der Waals surface area contributed by atoms with Crippen LogP contribution < -0.4 is 4.74 Å². The van der Waals surface area contributed by atoms with Crippen LogP contribution in [0.5, 0.6) is 5.75 Å². The Hall–Kier alpha value is -2.62. The van der Waals surface area contributed by atoms with Crippen LogP contribution in [0.1, 0.15) is 17.3 Å². The van der Waals surface area contributed by atoms with Crippen LogP contribution >= 0.6 is 0 Å². The van der Waals surface area contributed by atoms with E-state index in [1.54, 1.807) is 42.5 Å². The van der Waals surface area contributed by atoms with Crippen molar-refractivity contribution in [2.24, 2.45) is 0 Å². The molecule has 0 radical (unpaired) electrons. The topological polar surface area (TPSA) is 63.6 Å². The fraction of sp³-hybridized carbons (Fsp3) is 0.0667. The summed E-state index contributed by atoms with van der Waals surface area (Å²) in [5.74, 6) is -0.572. The van der Waals surface area contributed by atoms with Crippen molar-refractivity contribution in [3.8, 4) is 5.75 Å². The van der Waals surface area contributed by atoms with Crippen molar-refractivity contribution in [1.82, 2.24) is 0 Å². The molecule has 4 nitrogen and oxygen atoms in total. The molecule has 4 heteroatoms. The molecule has 2 aromatic carbocycles. The maximum Gasteiger partial charge on any atom is 0.335 e. The summed E-state index contributed by atoms with van der Waals surface area (Å²) in [6, 6.07) is 17.3. The maximum absolute atomic E-state index is 10.4. The van der Waals surface area contributed by atoms with Gasteiger partial charge in [-0.25, -0.2) is 4.79 Å². The van der Waals surface area contributed by atoms with Crippen LogP contribution in [0, 0.1) is 0 Å². The Balaban J connectivity index is 0.000000191. The van der Waals surface area contributed by atoms with Gasteiger partial charge in [0.15, 0.2) is 0 Å². The minimum atomic E-state index is -0.879. The Labute approximate surface area is 111 Å². The van der Waals surface area contributed by atoms with E-state index in [0.29, 0.717) is 11.3 Å². The number of carboxylic acids is 1. The van der Waals surface area contributed by atoms with E-state index in [2.05, 4.69) is 0 Å². The molecule has 0 unspecified atom stereocenters. The molecular formula is C15H14O4. The lowest BCUT2D eigenvalue weighted by molar-refractivity contribution is -0.131. The Kier molecular flexibility index (Phi) is 5.82. The van der Waals surface area contributed by atoms with Gasteiger partial charge in [-0.1, -0.05) is 36.4 Å². The lowest BCUT2D eigenvalue weighted by atomic mass is 10.2. The molecule has 0 fully saturated rings. The molecule has 1 N–H and O–H groups in total. The van der Waals surface area contributed by atoms with Crippen molar-refractivity contribution >= 4 is 11.9 Å². The average Bonchev–Trinajstić information content (AvgIpc) is 2.41. The van der Waals surface area contributed by atoms with Crippen LogP contribution in [0.3, 0.4) is 0 Å². The summed E-state index contributed by atoms with van der Waals surface area (Å²) in [6.45, 7) is 1.38. The predicted molar refractivity (Wildman–Crippen MR) is 71.2 cm³/mol. The van der Waals surface area contributed by atoms with Gasteiger partial charge in [-0.15, -0.1) is 0 Å². The molecule has 0 spiro atoms. The van der Waals surface area contributed by atoms with Crippen LogP contribution in [0.2, 0.25) is 0 Å². The van der Waals surface area contributed by atoms with Crippen molar-refractivity contribution < 1.29 is 19.4 Å². The minimum Gasteiger partial charge on any atom is -0.478 e. The first-order valence-corrected chi connectivity index (χ1v) is 5.61. The summed E-state index contributed by atoms with van der Waals surface area (Å²) in [5, 5.41) is 8.38. The van der Waals surface area contributed by atoms with Crippen LogP contribution in [-0.4, -0.2) is 17.0 Å². The van der Waals surface area contributed by atoms with Gasteiger partial charge in [0.25, 0.3) is 0 Å². The molecule has 0 aliphatic carbocycles. The predicted octanol–water partition coefficient (Wildman–Crippen LogP) is 3.00. The van der Waals surface area contributed by atoms with Crippen molar-refractivity contribution in [3.05, 3.63) is 66.2 Å². The van der Waals surface area contributed by atoms with Crippen LogP contribution in [0.15, 0.2) is 60.7 Å². The fourth-order valence-electron chi connectivity index (χ4n) is 1.24. The normalized spacial score (nSPS) is 8.89. The smallest absolute Gasteiger partial charge is 0.335 e. The monoisotopic (exact) mass is 258 g/mol. The van der Waals surface area contributed by atoms with E-state index in [4.69, 9.17) is 9.84 Å². The number of para-hydroxylation sites is 1. The quantitative estimate of drug-likeness (QED) is 0.664. The molecule has 98 valence electrons. The van der Waals surface area contributed by atoms with Crippen LogP contribution in [0.4, 0.5) is 0 Å². The standard InChI is InChI=1S/C8H8O2.C7H6O2/c1-7(9)10-8-5-3-2-4-6-8;8-7(9)6-4-2-1-3-5-6/h2-6H,1H3;1-5H,(H,8,9). The van der Waals surface area contributed by atoms with E-state index >= 15 is 0 Å². The van der Waals surface area contributed by atoms with E-state index in [1.165, 1.54) is 6.92 Å². The summed E-state index contributed by atoms with van der Waals surface area (Å²) >= 11 is 0. The molecule has 0 atom stereocenters. The van der Waals surface area contributed by atoms with Gasteiger partial charge >= 0.3 is 11.9 Å². The van der Waals surface area contributed by atoms with Gasteiger partial charge in [0.05, 0.1) is 5.56 Å². The molecule has 0 saturated heterocycles.